The lowest BCUT2D eigenvalue weighted by atomic mass is 9.90. The second kappa shape index (κ2) is 10.0. The molecule has 0 bridgehead atoms. The van der Waals surface area contributed by atoms with Gasteiger partial charge in [-0.05, 0) is 19.5 Å². The standard InChI is InChI=1S/C11H22N4O6/c12-8(16)7-14-3-1-4-15-11(10(13)19,2-5-21-20)6-9(17)18/h14-15,20H,1-7H2,(H2,12,16)(H2,13,19)(H,17,18). The van der Waals surface area contributed by atoms with E-state index in [-0.39, 0.29) is 26.1 Å². The van der Waals surface area contributed by atoms with E-state index in [0.29, 0.717) is 13.0 Å². The molecule has 0 heterocycles. The Morgan fingerprint density at radius 2 is 1.86 bits per heavy atom. The average Bonchev–Trinajstić information content (AvgIpc) is 2.38. The quantitative estimate of drug-likeness (QED) is 0.124. The molecule has 0 aliphatic heterocycles. The summed E-state index contributed by atoms with van der Waals surface area (Å²) in [6.07, 6.45) is -0.0951. The number of aliphatic carboxylic acids is 1. The van der Waals surface area contributed by atoms with Crippen molar-refractivity contribution in [1.82, 2.24) is 10.6 Å². The number of carboxylic acids is 1. The number of carbonyl (C=O) groups excluding carboxylic acids is 2. The monoisotopic (exact) mass is 306 g/mol. The summed E-state index contributed by atoms with van der Waals surface area (Å²) in [7, 11) is 0. The Bertz CT molecular complexity index is 365. The van der Waals surface area contributed by atoms with Gasteiger partial charge in [0.2, 0.25) is 11.8 Å². The Balaban J connectivity index is 4.41. The van der Waals surface area contributed by atoms with E-state index in [9.17, 15) is 14.4 Å². The highest BCUT2D eigenvalue weighted by Crippen LogP contribution is 2.16. The highest BCUT2D eigenvalue weighted by atomic mass is 17.1. The van der Waals surface area contributed by atoms with Gasteiger partial charge in [-0.15, -0.1) is 0 Å². The van der Waals surface area contributed by atoms with E-state index < -0.39 is 29.7 Å². The molecule has 0 saturated carbocycles. The first-order valence-corrected chi connectivity index (χ1v) is 6.36. The Hall–Kier alpha value is -1.75. The van der Waals surface area contributed by atoms with Crippen LogP contribution in [0.5, 0.6) is 0 Å². The minimum atomic E-state index is -1.50. The molecule has 0 aromatic heterocycles. The van der Waals surface area contributed by atoms with Crippen LogP contribution in [0.2, 0.25) is 0 Å². The van der Waals surface area contributed by atoms with Crippen molar-refractivity contribution in [3.05, 3.63) is 0 Å². The number of rotatable bonds is 13. The molecular weight excluding hydrogens is 284 g/mol. The number of carboxylic acid groups (broad SMARTS) is 1. The summed E-state index contributed by atoms with van der Waals surface area (Å²) in [4.78, 5) is 36.8. The van der Waals surface area contributed by atoms with Crippen LogP contribution in [-0.4, -0.2) is 59.9 Å². The normalized spacial score (nSPS) is 13.6. The van der Waals surface area contributed by atoms with Crippen molar-refractivity contribution in [2.24, 2.45) is 11.5 Å². The summed E-state index contributed by atoms with van der Waals surface area (Å²) in [6.45, 7) is 0.541. The first-order chi connectivity index (χ1) is 9.84. The van der Waals surface area contributed by atoms with Crippen LogP contribution in [0.25, 0.3) is 0 Å². The molecule has 1 unspecified atom stereocenters. The number of hydrogen-bond acceptors (Lipinski definition) is 7. The molecule has 122 valence electrons. The van der Waals surface area contributed by atoms with Crippen molar-refractivity contribution in [2.45, 2.75) is 24.8 Å². The summed E-state index contributed by atoms with van der Waals surface area (Å²) in [6, 6.07) is 0. The van der Waals surface area contributed by atoms with Crippen molar-refractivity contribution >= 4 is 17.8 Å². The zero-order valence-electron chi connectivity index (χ0n) is 11.6. The third kappa shape index (κ3) is 8.19. The SMILES string of the molecule is NC(=O)CNCCCNC(CCOO)(CC(=O)O)C(N)=O. The lowest BCUT2D eigenvalue weighted by Gasteiger charge is -2.30. The Morgan fingerprint density at radius 3 is 2.33 bits per heavy atom. The maximum atomic E-state index is 11.6. The fourth-order valence-electron chi connectivity index (χ4n) is 1.77. The Kier molecular flexibility index (Phi) is 9.21. The van der Waals surface area contributed by atoms with E-state index in [1.54, 1.807) is 0 Å². The van der Waals surface area contributed by atoms with Gasteiger partial charge in [-0.1, -0.05) is 0 Å². The van der Waals surface area contributed by atoms with Gasteiger partial charge in [0.1, 0.15) is 5.54 Å². The van der Waals surface area contributed by atoms with Crippen molar-refractivity contribution in [3.8, 4) is 0 Å². The first-order valence-electron chi connectivity index (χ1n) is 6.36. The molecule has 0 aromatic rings. The van der Waals surface area contributed by atoms with E-state index in [1.165, 1.54) is 0 Å². The summed E-state index contributed by atoms with van der Waals surface area (Å²) >= 11 is 0. The largest absolute Gasteiger partial charge is 0.481 e. The molecular formula is C11H22N4O6. The smallest absolute Gasteiger partial charge is 0.305 e. The van der Waals surface area contributed by atoms with Crippen LogP contribution in [0, 0.1) is 0 Å². The molecule has 10 nitrogen and oxygen atoms in total. The van der Waals surface area contributed by atoms with Gasteiger partial charge < -0.3 is 27.2 Å². The van der Waals surface area contributed by atoms with Crippen LogP contribution < -0.4 is 22.1 Å². The zero-order chi connectivity index (χ0) is 16.3. The molecule has 1 atom stereocenters. The third-order valence-corrected chi connectivity index (χ3v) is 2.84. The zero-order valence-corrected chi connectivity index (χ0v) is 11.6. The van der Waals surface area contributed by atoms with Crippen molar-refractivity contribution < 1.29 is 29.6 Å². The topological polar surface area (TPSA) is 177 Å². The first kappa shape index (κ1) is 19.2. The molecule has 2 amide bonds. The van der Waals surface area contributed by atoms with Crippen molar-refractivity contribution in [3.63, 3.8) is 0 Å². The Morgan fingerprint density at radius 1 is 1.19 bits per heavy atom. The predicted octanol–water partition coefficient (Wildman–Crippen LogP) is -2.38. The van der Waals surface area contributed by atoms with Crippen LogP contribution in [-0.2, 0) is 19.3 Å². The minimum Gasteiger partial charge on any atom is -0.481 e. The molecule has 0 rings (SSSR count). The number of carbonyl (C=O) groups is 3. The van der Waals surface area contributed by atoms with E-state index in [1.807, 2.05) is 0 Å². The van der Waals surface area contributed by atoms with E-state index in [4.69, 9.17) is 21.8 Å². The number of amides is 2. The minimum absolute atomic E-state index is 0.0362. The van der Waals surface area contributed by atoms with E-state index >= 15 is 0 Å². The van der Waals surface area contributed by atoms with E-state index in [2.05, 4.69) is 15.5 Å². The third-order valence-electron chi connectivity index (χ3n) is 2.84. The fourth-order valence-corrected chi connectivity index (χ4v) is 1.77. The maximum absolute atomic E-state index is 11.6. The lowest BCUT2D eigenvalue weighted by molar-refractivity contribution is -0.245. The van der Waals surface area contributed by atoms with Gasteiger partial charge in [0.15, 0.2) is 0 Å². The fraction of sp³-hybridized carbons (Fsp3) is 0.727. The van der Waals surface area contributed by atoms with Gasteiger partial charge in [0, 0.05) is 6.42 Å². The van der Waals surface area contributed by atoms with Crippen LogP contribution in [0.3, 0.4) is 0 Å². The molecule has 0 aliphatic carbocycles. The molecule has 10 heteroatoms. The summed E-state index contributed by atoms with van der Waals surface area (Å²) < 4.78 is 0. The summed E-state index contributed by atoms with van der Waals surface area (Å²) in [5, 5.41) is 22.8. The molecule has 8 N–H and O–H groups in total. The van der Waals surface area contributed by atoms with Crippen LogP contribution in [0.4, 0.5) is 0 Å². The molecule has 0 saturated heterocycles. The maximum Gasteiger partial charge on any atom is 0.305 e. The summed E-state index contributed by atoms with van der Waals surface area (Å²) in [5.41, 5.74) is 8.71. The number of primary amides is 2. The van der Waals surface area contributed by atoms with Crippen LogP contribution >= 0.6 is 0 Å². The van der Waals surface area contributed by atoms with E-state index in [0.717, 1.165) is 0 Å². The second-order valence-electron chi connectivity index (χ2n) is 4.52. The molecule has 0 aromatic carbocycles. The van der Waals surface area contributed by atoms with Crippen LogP contribution in [0.1, 0.15) is 19.3 Å². The molecule has 21 heavy (non-hydrogen) atoms. The predicted molar refractivity (Wildman–Crippen MR) is 72.1 cm³/mol. The van der Waals surface area contributed by atoms with Gasteiger partial charge in [-0.3, -0.25) is 19.6 Å². The molecule has 0 spiro atoms. The van der Waals surface area contributed by atoms with Crippen LogP contribution in [0.15, 0.2) is 0 Å². The van der Waals surface area contributed by atoms with Gasteiger partial charge >= 0.3 is 5.97 Å². The number of nitrogens with two attached hydrogens (primary N) is 2. The number of nitrogens with one attached hydrogen (secondary N) is 2. The molecule has 0 fully saturated rings. The lowest BCUT2D eigenvalue weighted by Crippen LogP contribution is -2.57. The van der Waals surface area contributed by atoms with Gasteiger partial charge in [-0.2, -0.15) is 0 Å². The highest BCUT2D eigenvalue weighted by molar-refractivity contribution is 5.89. The average molecular weight is 306 g/mol. The number of hydrogen-bond donors (Lipinski definition) is 6. The van der Waals surface area contributed by atoms with Gasteiger partial charge in [-0.25, -0.2) is 4.89 Å². The Labute approximate surface area is 121 Å². The molecule has 0 radical (unpaired) electrons. The van der Waals surface area contributed by atoms with Crippen molar-refractivity contribution in [2.75, 3.05) is 26.2 Å². The molecule has 0 aliphatic rings. The van der Waals surface area contributed by atoms with Gasteiger partial charge in [0.25, 0.3) is 0 Å². The van der Waals surface area contributed by atoms with Gasteiger partial charge in [0.05, 0.1) is 19.6 Å². The highest BCUT2D eigenvalue weighted by Gasteiger charge is 2.38. The summed E-state index contributed by atoms with van der Waals surface area (Å²) in [5.74, 6) is -2.53. The second-order valence-corrected chi connectivity index (χ2v) is 4.52. The van der Waals surface area contributed by atoms with Crippen molar-refractivity contribution in [1.29, 1.82) is 0 Å².